The highest BCUT2D eigenvalue weighted by atomic mass is 16.3. The van der Waals surface area contributed by atoms with Crippen molar-refractivity contribution in [1.29, 1.82) is 0 Å². The van der Waals surface area contributed by atoms with Crippen molar-refractivity contribution in [2.75, 3.05) is 5.73 Å². The van der Waals surface area contributed by atoms with Gasteiger partial charge in [0.05, 0.1) is 5.39 Å². The average Bonchev–Trinajstić information content (AvgIpc) is 3.26. The Balaban J connectivity index is 1.57. The molecule has 0 amide bonds. The third kappa shape index (κ3) is 2.30. The minimum atomic E-state index is 0.179. The van der Waals surface area contributed by atoms with Gasteiger partial charge < -0.3 is 10.8 Å². The molecule has 0 saturated heterocycles. The maximum atomic E-state index is 9.73. The van der Waals surface area contributed by atoms with Crippen molar-refractivity contribution < 1.29 is 5.11 Å². The summed E-state index contributed by atoms with van der Waals surface area (Å²) in [7, 11) is 0. The summed E-state index contributed by atoms with van der Waals surface area (Å²) in [6.07, 6.45) is 1.85. The number of hydrogen-bond acceptors (Lipinski definition) is 5. The predicted octanol–water partition coefficient (Wildman–Crippen LogP) is 3.19. The van der Waals surface area contributed by atoms with Crippen molar-refractivity contribution >= 4 is 16.9 Å². The Morgan fingerprint density at radius 2 is 1.77 bits per heavy atom. The number of phenols is 1. The molecule has 5 rings (SSSR count). The second-order valence-corrected chi connectivity index (χ2v) is 6.69. The van der Waals surface area contributed by atoms with Gasteiger partial charge in [0.15, 0.2) is 5.65 Å². The van der Waals surface area contributed by atoms with E-state index in [0.29, 0.717) is 22.5 Å². The largest absolute Gasteiger partial charge is 0.508 e. The smallest absolute Gasteiger partial charge is 0.161 e. The van der Waals surface area contributed by atoms with Crippen molar-refractivity contribution in [3.63, 3.8) is 0 Å². The SMILES string of the molecule is Nc1nc(C2Cc3ccccc3C2)nc2[nH]nc(-c3cccc(O)c3)c12. The Morgan fingerprint density at radius 1 is 1.00 bits per heavy atom. The van der Waals surface area contributed by atoms with Gasteiger partial charge in [0, 0.05) is 11.5 Å². The third-order valence-corrected chi connectivity index (χ3v) is 5.00. The molecule has 0 radical (unpaired) electrons. The highest BCUT2D eigenvalue weighted by Crippen LogP contribution is 2.35. The monoisotopic (exact) mass is 343 g/mol. The number of anilines is 1. The molecule has 0 atom stereocenters. The van der Waals surface area contributed by atoms with E-state index in [9.17, 15) is 5.11 Å². The van der Waals surface area contributed by atoms with Gasteiger partial charge in [-0.3, -0.25) is 5.10 Å². The zero-order valence-electron chi connectivity index (χ0n) is 14.0. The first-order valence-corrected chi connectivity index (χ1v) is 8.56. The van der Waals surface area contributed by atoms with Crippen molar-refractivity contribution in [3.8, 4) is 17.0 Å². The molecule has 128 valence electrons. The number of aromatic hydroxyl groups is 1. The van der Waals surface area contributed by atoms with Crippen LogP contribution in [0.1, 0.15) is 22.9 Å². The van der Waals surface area contributed by atoms with E-state index in [2.05, 4.69) is 39.4 Å². The number of aromatic nitrogens is 4. The van der Waals surface area contributed by atoms with Crippen LogP contribution in [0, 0.1) is 0 Å². The van der Waals surface area contributed by atoms with E-state index in [1.807, 2.05) is 6.07 Å². The molecule has 6 heteroatoms. The molecular formula is C20H17N5O. The molecule has 0 aliphatic heterocycles. The lowest BCUT2D eigenvalue weighted by Gasteiger charge is -2.09. The molecule has 26 heavy (non-hydrogen) atoms. The van der Waals surface area contributed by atoms with Crippen LogP contribution >= 0.6 is 0 Å². The lowest BCUT2D eigenvalue weighted by atomic mass is 10.0. The quantitative estimate of drug-likeness (QED) is 0.519. The van der Waals surface area contributed by atoms with Gasteiger partial charge >= 0.3 is 0 Å². The van der Waals surface area contributed by atoms with E-state index in [1.54, 1.807) is 18.2 Å². The first-order chi connectivity index (χ1) is 12.7. The molecule has 1 aliphatic carbocycles. The van der Waals surface area contributed by atoms with E-state index in [4.69, 9.17) is 10.7 Å². The van der Waals surface area contributed by atoms with Crippen LogP contribution in [0.15, 0.2) is 48.5 Å². The molecule has 0 spiro atoms. The fourth-order valence-corrected chi connectivity index (χ4v) is 3.76. The minimum absolute atomic E-state index is 0.179. The van der Waals surface area contributed by atoms with Crippen molar-refractivity contribution in [1.82, 2.24) is 20.2 Å². The van der Waals surface area contributed by atoms with Crippen molar-refractivity contribution in [2.24, 2.45) is 0 Å². The maximum absolute atomic E-state index is 9.73. The number of rotatable bonds is 2. The number of nitrogens with zero attached hydrogens (tertiary/aromatic N) is 3. The van der Waals surface area contributed by atoms with Crippen LogP contribution in [-0.4, -0.2) is 25.3 Å². The standard InChI is InChI=1S/C20H17N5O/c21-18-16-17(13-6-3-7-15(26)10-13)24-25-20(16)23-19(22-18)14-8-11-4-1-2-5-12(11)9-14/h1-7,10,14,26H,8-9H2,(H3,21,22,23,24,25). The van der Waals surface area contributed by atoms with E-state index in [0.717, 1.165) is 24.2 Å². The molecule has 1 aliphatic rings. The van der Waals surface area contributed by atoms with Gasteiger partial charge in [-0.05, 0) is 36.1 Å². The number of nitrogens with one attached hydrogen (secondary N) is 1. The Labute approximate surface area is 149 Å². The van der Waals surface area contributed by atoms with Gasteiger partial charge in [-0.2, -0.15) is 5.10 Å². The van der Waals surface area contributed by atoms with Crippen LogP contribution in [0.2, 0.25) is 0 Å². The topological polar surface area (TPSA) is 101 Å². The summed E-state index contributed by atoms with van der Waals surface area (Å²) in [5, 5.41) is 17.7. The van der Waals surface area contributed by atoms with Gasteiger partial charge in [-0.25, -0.2) is 9.97 Å². The van der Waals surface area contributed by atoms with Crippen LogP contribution in [-0.2, 0) is 12.8 Å². The molecule has 2 heterocycles. The fraction of sp³-hybridized carbons (Fsp3) is 0.150. The molecule has 4 N–H and O–H groups in total. The number of H-pyrrole nitrogens is 1. The Kier molecular flexibility index (Phi) is 3.18. The van der Waals surface area contributed by atoms with E-state index in [1.165, 1.54) is 11.1 Å². The van der Waals surface area contributed by atoms with Crippen molar-refractivity contribution in [3.05, 3.63) is 65.5 Å². The zero-order valence-corrected chi connectivity index (χ0v) is 14.0. The molecule has 0 saturated carbocycles. The maximum Gasteiger partial charge on any atom is 0.161 e. The van der Waals surface area contributed by atoms with Gasteiger partial charge in [0.1, 0.15) is 23.1 Å². The Bertz CT molecular complexity index is 1110. The van der Waals surface area contributed by atoms with Crippen LogP contribution in [0.3, 0.4) is 0 Å². The number of nitrogen functional groups attached to an aromatic ring is 1. The average molecular weight is 343 g/mol. The summed E-state index contributed by atoms with van der Waals surface area (Å²) >= 11 is 0. The summed E-state index contributed by atoms with van der Waals surface area (Å²) in [4.78, 5) is 9.29. The zero-order chi connectivity index (χ0) is 17.7. The number of aromatic amines is 1. The van der Waals surface area contributed by atoms with Crippen LogP contribution < -0.4 is 5.73 Å². The highest BCUT2D eigenvalue weighted by molar-refractivity contribution is 5.98. The van der Waals surface area contributed by atoms with Gasteiger partial charge in [0.25, 0.3) is 0 Å². The second-order valence-electron chi connectivity index (χ2n) is 6.69. The second kappa shape index (κ2) is 5.56. The van der Waals surface area contributed by atoms with Gasteiger partial charge in [-0.15, -0.1) is 0 Å². The molecule has 2 aromatic carbocycles. The van der Waals surface area contributed by atoms with Gasteiger partial charge in [0.2, 0.25) is 0 Å². The minimum Gasteiger partial charge on any atom is -0.508 e. The van der Waals surface area contributed by atoms with Gasteiger partial charge in [-0.1, -0.05) is 36.4 Å². The van der Waals surface area contributed by atoms with E-state index in [-0.39, 0.29) is 11.7 Å². The fourth-order valence-electron chi connectivity index (χ4n) is 3.76. The van der Waals surface area contributed by atoms with Crippen LogP contribution in [0.4, 0.5) is 5.82 Å². The first kappa shape index (κ1) is 14.9. The lowest BCUT2D eigenvalue weighted by Crippen LogP contribution is -2.07. The number of benzene rings is 2. The molecular weight excluding hydrogens is 326 g/mol. The molecule has 0 unspecified atom stereocenters. The molecule has 0 bridgehead atoms. The molecule has 0 fully saturated rings. The van der Waals surface area contributed by atoms with E-state index >= 15 is 0 Å². The summed E-state index contributed by atoms with van der Waals surface area (Å²) in [5.74, 6) is 1.57. The normalized spacial score (nSPS) is 14.0. The summed E-state index contributed by atoms with van der Waals surface area (Å²) in [6.45, 7) is 0. The van der Waals surface area contributed by atoms with Crippen LogP contribution in [0.25, 0.3) is 22.3 Å². The highest BCUT2D eigenvalue weighted by Gasteiger charge is 2.26. The van der Waals surface area contributed by atoms with Crippen LogP contribution in [0.5, 0.6) is 5.75 Å². The summed E-state index contributed by atoms with van der Waals surface area (Å²) < 4.78 is 0. The molecule has 2 aromatic heterocycles. The Hall–Kier alpha value is -3.41. The lowest BCUT2D eigenvalue weighted by molar-refractivity contribution is 0.475. The Morgan fingerprint density at radius 3 is 2.50 bits per heavy atom. The van der Waals surface area contributed by atoms with E-state index < -0.39 is 0 Å². The third-order valence-electron chi connectivity index (χ3n) is 5.00. The number of phenolic OH excluding ortho intramolecular Hbond substituents is 1. The van der Waals surface area contributed by atoms with Crippen molar-refractivity contribution in [2.45, 2.75) is 18.8 Å². The number of nitrogens with two attached hydrogens (primary N) is 1. The molecule has 6 nitrogen and oxygen atoms in total. The number of fused-ring (bicyclic) bond motifs is 2. The molecule has 4 aromatic rings. The summed E-state index contributed by atoms with van der Waals surface area (Å²) in [5.41, 5.74) is 11.0. The summed E-state index contributed by atoms with van der Waals surface area (Å²) in [6, 6.07) is 15.4. The number of hydrogen-bond donors (Lipinski definition) is 3. The predicted molar refractivity (Wildman–Crippen MR) is 99.8 cm³/mol. The first-order valence-electron chi connectivity index (χ1n) is 8.56.